The molecule has 13 heavy (non-hydrogen) atoms. The number of hydrogen-bond acceptors (Lipinski definition) is 0. The maximum Gasteiger partial charge on any atom is 0.126 e. The van der Waals surface area contributed by atoms with E-state index in [1.165, 1.54) is 0 Å². The number of aryl methyl sites for hydroxylation is 2. The van der Waals surface area contributed by atoms with E-state index >= 15 is 0 Å². The number of hydrogen-bond donors (Lipinski definition) is 0. The Morgan fingerprint density at radius 3 is 2.77 bits per heavy atom. The molecular weight excluding hydrogens is 163 g/mol. The molecule has 0 spiro atoms. The zero-order valence-electron chi connectivity index (χ0n) is 8.18. The molecule has 0 unspecified atom stereocenters. The summed E-state index contributed by atoms with van der Waals surface area (Å²) in [7, 11) is 0. The Morgan fingerprint density at radius 2 is 2.15 bits per heavy atom. The molecule has 0 heterocycles. The number of halogens is 1. The fourth-order valence-electron chi connectivity index (χ4n) is 1.21. The predicted molar refractivity (Wildman–Crippen MR) is 54.3 cm³/mol. The van der Waals surface area contributed by atoms with Crippen molar-refractivity contribution in [3.8, 4) is 0 Å². The summed E-state index contributed by atoms with van der Waals surface area (Å²) in [5, 5.41) is 0. The van der Waals surface area contributed by atoms with Crippen molar-refractivity contribution in [2.45, 2.75) is 26.7 Å². The van der Waals surface area contributed by atoms with Crippen molar-refractivity contribution in [2.75, 3.05) is 0 Å². The smallest absolute Gasteiger partial charge is 0.126 e. The lowest BCUT2D eigenvalue weighted by atomic mass is 10.1. The minimum absolute atomic E-state index is 0.0991. The fraction of sp³-hybridized carbons (Fsp3) is 0.333. The Labute approximate surface area is 79.1 Å². The second kappa shape index (κ2) is 4.80. The van der Waals surface area contributed by atoms with Gasteiger partial charge >= 0.3 is 0 Å². The van der Waals surface area contributed by atoms with E-state index < -0.39 is 0 Å². The zero-order chi connectivity index (χ0) is 9.68. The highest BCUT2D eigenvalue weighted by molar-refractivity contribution is 5.23. The molecule has 0 nitrogen and oxygen atoms in total. The van der Waals surface area contributed by atoms with Gasteiger partial charge in [-0.3, -0.25) is 0 Å². The highest BCUT2D eigenvalue weighted by Crippen LogP contribution is 2.10. The molecule has 0 radical (unpaired) electrons. The van der Waals surface area contributed by atoms with Crippen molar-refractivity contribution in [2.24, 2.45) is 0 Å². The second-order valence-electron chi connectivity index (χ2n) is 3.19. The maximum absolute atomic E-state index is 13.1. The summed E-state index contributed by atoms with van der Waals surface area (Å²) < 4.78 is 13.1. The Kier molecular flexibility index (Phi) is 3.69. The van der Waals surface area contributed by atoms with Crippen LogP contribution >= 0.6 is 0 Å². The van der Waals surface area contributed by atoms with Crippen LogP contribution in [0.5, 0.6) is 0 Å². The molecule has 0 atom stereocenters. The largest absolute Gasteiger partial charge is 0.207 e. The molecule has 0 saturated heterocycles. The fourth-order valence-corrected chi connectivity index (χ4v) is 1.21. The van der Waals surface area contributed by atoms with Gasteiger partial charge in [-0.05, 0) is 43.9 Å². The summed E-state index contributed by atoms with van der Waals surface area (Å²) in [6.07, 6.45) is 6.02. The third kappa shape index (κ3) is 3.02. The molecule has 0 fully saturated rings. The summed E-state index contributed by atoms with van der Waals surface area (Å²) in [5.41, 5.74) is 1.79. The molecule has 0 amide bonds. The Hall–Kier alpha value is -1.11. The van der Waals surface area contributed by atoms with Crippen LogP contribution in [0.25, 0.3) is 0 Å². The first kappa shape index (κ1) is 9.97. The van der Waals surface area contributed by atoms with E-state index in [1.807, 2.05) is 25.1 Å². The van der Waals surface area contributed by atoms with Gasteiger partial charge in [-0.2, -0.15) is 0 Å². The van der Waals surface area contributed by atoms with Gasteiger partial charge in [-0.1, -0.05) is 24.3 Å². The molecule has 1 rings (SSSR count). The maximum atomic E-state index is 13.1. The molecule has 0 bridgehead atoms. The molecule has 0 aliphatic carbocycles. The van der Waals surface area contributed by atoms with Crippen molar-refractivity contribution in [1.82, 2.24) is 0 Å². The van der Waals surface area contributed by atoms with Crippen LogP contribution in [-0.4, -0.2) is 0 Å². The summed E-state index contributed by atoms with van der Waals surface area (Å²) in [5.74, 6) is -0.0991. The summed E-state index contributed by atoms with van der Waals surface area (Å²) in [6, 6.07) is 5.45. The van der Waals surface area contributed by atoms with Crippen LogP contribution in [0.1, 0.15) is 24.5 Å². The van der Waals surface area contributed by atoms with Crippen molar-refractivity contribution < 1.29 is 4.39 Å². The minimum Gasteiger partial charge on any atom is -0.207 e. The standard InChI is InChI=1S/C12H15F/c1-3-4-5-6-11-8-7-10(2)12(13)9-11/h3-4,7-9H,5-6H2,1-2H3/b4-3-. The SMILES string of the molecule is C/C=C\CCc1ccc(C)c(F)c1. The Balaban J connectivity index is 2.63. The third-order valence-corrected chi connectivity index (χ3v) is 2.07. The molecule has 0 aliphatic heterocycles. The third-order valence-electron chi connectivity index (χ3n) is 2.07. The first-order chi connectivity index (χ1) is 6.24. The van der Waals surface area contributed by atoms with Gasteiger partial charge in [-0.25, -0.2) is 4.39 Å². The average molecular weight is 178 g/mol. The van der Waals surface area contributed by atoms with Gasteiger partial charge in [0.2, 0.25) is 0 Å². The summed E-state index contributed by atoms with van der Waals surface area (Å²) >= 11 is 0. The first-order valence-corrected chi connectivity index (χ1v) is 4.60. The molecular formula is C12H15F. The minimum atomic E-state index is -0.0991. The molecule has 0 aromatic heterocycles. The van der Waals surface area contributed by atoms with Gasteiger partial charge in [0.15, 0.2) is 0 Å². The summed E-state index contributed by atoms with van der Waals surface area (Å²) in [4.78, 5) is 0. The number of benzene rings is 1. The Bertz CT molecular complexity index is 300. The number of allylic oxidation sites excluding steroid dienone is 2. The molecule has 1 aromatic carbocycles. The van der Waals surface area contributed by atoms with Crippen molar-refractivity contribution in [3.63, 3.8) is 0 Å². The molecule has 1 aromatic rings. The van der Waals surface area contributed by atoms with E-state index in [1.54, 1.807) is 13.0 Å². The predicted octanol–water partition coefficient (Wildman–Crippen LogP) is 3.64. The van der Waals surface area contributed by atoms with Gasteiger partial charge in [0.1, 0.15) is 5.82 Å². The van der Waals surface area contributed by atoms with Crippen LogP contribution in [0, 0.1) is 12.7 Å². The average Bonchev–Trinajstić information content (AvgIpc) is 2.12. The van der Waals surface area contributed by atoms with Crippen LogP contribution in [0.3, 0.4) is 0 Å². The van der Waals surface area contributed by atoms with Crippen molar-refractivity contribution >= 4 is 0 Å². The van der Waals surface area contributed by atoms with Crippen LogP contribution in [-0.2, 0) is 6.42 Å². The van der Waals surface area contributed by atoms with Gasteiger partial charge in [-0.15, -0.1) is 0 Å². The van der Waals surface area contributed by atoms with Gasteiger partial charge in [0.25, 0.3) is 0 Å². The van der Waals surface area contributed by atoms with E-state index in [0.29, 0.717) is 0 Å². The van der Waals surface area contributed by atoms with E-state index in [4.69, 9.17) is 0 Å². The van der Waals surface area contributed by atoms with Crippen LogP contribution in [0.15, 0.2) is 30.4 Å². The quantitative estimate of drug-likeness (QED) is 0.620. The zero-order valence-corrected chi connectivity index (χ0v) is 8.18. The highest BCUT2D eigenvalue weighted by atomic mass is 19.1. The highest BCUT2D eigenvalue weighted by Gasteiger charge is 1.97. The summed E-state index contributed by atoms with van der Waals surface area (Å²) in [6.45, 7) is 3.78. The normalized spacial score (nSPS) is 11.0. The van der Waals surface area contributed by atoms with Crippen molar-refractivity contribution in [3.05, 3.63) is 47.3 Å². The lowest BCUT2D eigenvalue weighted by Crippen LogP contribution is -1.87. The van der Waals surface area contributed by atoms with Crippen molar-refractivity contribution in [1.29, 1.82) is 0 Å². The molecule has 0 saturated carbocycles. The molecule has 0 N–H and O–H groups in total. The van der Waals surface area contributed by atoms with Gasteiger partial charge in [0, 0.05) is 0 Å². The second-order valence-corrected chi connectivity index (χ2v) is 3.19. The Morgan fingerprint density at radius 1 is 1.38 bits per heavy atom. The van der Waals surface area contributed by atoms with Crippen LogP contribution in [0.4, 0.5) is 4.39 Å². The molecule has 1 heteroatoms. The van der Waals surface area contributed by atoms with Gasteiger partial charge < -0.3 is 0 Å². The molecule has 0 aliphatic rings. The lowest BCUT2D eigenvalue weighted by molar-refractivity contribution is 0.616. The van der Waals surface area contributed by atoms with E-state index in [0.717, 1.165) is 24.0 Å². The lowest BCUT2D eigenvalue weighted by Gasteiger charge is -2.00. The first-order valence-electron chi connectivity index (χ1n) is 4.60. The van der Waals surface area contributed by atoms with Gasteiger partial charge in [0.05, 0.1) is 0 Å². The van der Waals surface area contributed by atoms with E-state index in [9.17, 15) is 4.39 Å². The van der Waals surface area contributed by atoms with E-state index in [2.05, 4.69) is 6.08 Å². The van der Waals surface area contributed by atoms with Crippen LogP contribution in [0.2, 0.25) is 0 Å². The van der Waals surface area contributed by atoms with Crippen LogP contribution < -0.4 is 0 Å². The topological polar surface area (TPSA) is 0 Å². The monoisotopic (exact) mass is 178 g/mol. The number of rotatable bonds is 3. The molecule has 70 valence electrons. The van der Waals surface area contributed by atoms with E-state index in [-0.39, 0.29) is 5.82 Å².